The van der Waals surface area contributed by atoms with Crippen molar-refractivity contribution in [1.29, 1.82) is 0 Å². The molecular weight excluding hydrogens is 226 g/mol. The largest absolute Gasteiger partial charge is 0.380 e. The molecule has 0 aliphatic heterocycles. The Kier molecular flexibility index (Phi) is 4.64. The van der Waals surface area contributed by atoms with Crippen LogP contribution >= 0.6 is 0 Å². The van der Waals surface area contributed by atoms with Gasteiger partial charge in [0.1, 0.15) is 0 Å². The average Bonchev–Trinajstić information content (AvgIpc) is 2.43. The molecule has 2 aromatic rings. The standard InChI is InChI=1S/C14H19N3O/c1-2-18-10-13(17-15)9-12-8-7-11-5-3-4-6-14(11)16-12/h3-8,13,17H,2,9-10,15H2,1H3. The van der Waals surface area contributed by atoms with E-state index in [9.17, 15) is 0 Å². The Balaban J connectivity index is 2.10. The Labute approximate surface area is 107 Å². The van der Waals surface area contributed by atoms with Gasteiger partial charge in [-0.2, -0.15) is 0 Å². The van der Waals surface area contributed by atoms with Crippen LogP contribution in [0.5, 0.6) is 0 Å². The van der Waals surface area contributed by atoms with Gasteiger partial charge in [-0.3, -0.25) is 16.3 Å². The first kappa shape index (κ1) is 13.0. The average molecular weight is 245 g/mol. The molecule has 0 radical (unpaired) electrons. The topological polar surface area (TPSA) is 60.2 Å². The molecule has 0 fully saturated rings. The van der Waals surface area contributed by atoms with Gasteiger partial charge in [-0.1, -0.05) is 24.3 Å². The van der Waals surface area contributed by atoms with Gasteiger partial charge in [0.05, 0.1) is 12.1 Å². The van der Waals surface area contributed by atoms with E-state index < -0.39 is 0 Å². The summed E-state index contributed by atoms with van der Waals surface area (Å²) in [6.07, 6.45) is 0.765. The third kappa shape index (κ3) is 3.26. The molecule has 4 nitrogen and oxygen atoms in total. The molecule has 2 rings (SSSR count). The number of hydrogen-bond donors (Lipinski definition) is 2. The van der Waals surface area contributed by atoms with Gasteiger partial charge in [0.15, 0.2) is 0 Å². The van der Waals surface area contributed by atoms with Crippen molar-refractivity contribution in [3.63, 3.8) is 0 Å². The van der Waals surface area contributed by atoms with E-state index in [2.05, 4.69) is 22.5 Å². The SMILES string of the molecule is CCOCC(Cc1ccc2ccccc2n1)NN. The first-order chi connectivity index (χ1) is 8.83. The Morgan fingerprint density at radius 3 is 2.89 bits per heavy atom. The molecule has 18 heavy (non-hydrogen) atoms. The molecule has 1 atom stereocenters. The van der Waals surface area contributed by atoms with Crippen LogP contribution < -0.4 is 11.3 Å². The van der Waals surface area contributed by atoms with Crippen LogP contribution in [-0.2, 0) is 11.2 Å². The molecule has 1 unspecified atom stereocenters. The second-order valence-corrected chi connectivity index (χ2v) is 4.22. The number of nitrogens with two attached hydrogens (primary N) is 1. The van der Waals surface area contributed by atoms with E-state index in [1.165, 1.54) is 0 Å². The minimum atomic E-state index is 0.0959. The zero-order valence-corrected chi connectivity index (χ0v) is 10.6. The van der Waals surface area contributed by atoms with E-state index in [4.69, 9.17) is 10.6 Å². The number of para-hydroxylation sites is 1. The molecule has 0 saturated heterocycles. The number of nitrogens with one attached hydrogen (secondary N) is 1. The van der Waals surface area contributed by atoms with E-state index in [1.807, 2.05) is 31.2 Å². The first-order valence-electron chi connectivity index (χ1n) is 6.22. The third-order valence-corrected chi connectivity index (χ3v) is 2.87. The van der Waals surface area contributed by atoms with Crippen LogP contribution in [0.4, 0.5) is 0 Å². The number of hydrogen-bond acceptors (Lipinski definition) is 4. The van der Waals surface area contributed by atoms with Crippen LogP contribution in [0.15, 0.2) is 36.4 Å². The molecule has 96 valence electrons. The monoisotopic (exact) mass is 245 g/mol. The Morgan fingerprint density at radius 1 is 1.28 bits per heavy atom. The summed E-state index contributed by atoms with van der Waals surface area (Å²) in [5, 5.41) is 1.16. The van der Waals surface area contributed by atoms with E-state index >= 15 is 0 Å². The van der Waals surface area contributed by atoms with Gasteiger partial charge >= 0.3 is 0 Å². The summed E-state index contributed by atoms with van der Waals surface area (Å²) >= 11 is 0. The number of aromatic nitrogens is 1. The highest BCUT2D eigenvalue weighted by atomic mass is 16.5. The van der Waals surface area contributed by atoms with Crippen molar-refractivity contribution < 1.29 is 4.74 Å². The smallest absolute Gasteiger partial charge is 0.0705 e. The highest BCUT2D eigenvalue weighted by molar-refractivity contribution is 5.78. The van der Waals surface area contributed by atoms with Crippen molar-refractivity contribution in [3.05, 3.63) is 42.1 Å². The second kappa shape index (κ2) is 6.44. The van der Waals surface area contributed by atoms with Crippen molar-refractivity contribution in [1.82, 2.24) is 10.4 Å². The predicted molar refractivity (Wildman–Crippen MR) is 73.1 cm³/mol. The van der Waals surface area contributed by atoms with Gasteiger partial charge < -0.3 is 4.74 Å². The van der Waals surface area contributed by atoms with Crippen molar-refractivity contribution in [2.24, 2.45) is 5.84 Å². The number of benzene rings is 1. The molecule has 0 aliphatic carbocycles. The summed E-state index contributed by atoms with van der Waals surface area (Å²) in [5.74, 6) is 5.52. The quantitative estimate of drug-likeness (QED) is 0.600. The molecule has 1 aromatic heterocycles. The summed E-state index contributed by atoms with van der Waals surface area (Å²) in [6, 6.07) is 12.3. The molecule has 0 saturated carbocycles. The van der Waals surface area contributed by atoms with Crippen LogP contribution in [0, 0.1) is 0 Å². The first-order valence-corrected chi connectivity index (χ1v) is 6.22. The maximum Gasteiger partial charge on any atom is 0.0705 e. The molecule has 1 aromatic carbocycles. The van der Waals surface area contributed by atoms with Crippen LogP contribution in [0.1, 0.15) is 12.6 Å². The third-order valence-electron chi connectivity index (χ3n) is 2.87. The number of pyridine rings is 1. The number of ether oxygens (including phenoxy) is 1. The van der Waals surface area contributed by atoms with Crippen molar-refractivity contribution in [2.75, 3.05) is 13.2 Å². The molecule has 4 heteroatoms. The number of rotatable bonds is 6. The Bertz CT molecular complexity index is 501. The lowest BCUT2D eigenvalue weighted by Gasteiger charge is -2.15. The maximum atomic E-state index is 5.52. The van der Waals surface area contributed by atoms with Crippen LogP contribution in [0.2, 0.25) is 0 Å². The molecule has 0 aliphatic rings. The van der Waals surface area contributed by atoms with Crippen molar-refractivity contribution >= 4 is 10.9 Å². The molecule has 0 bridgehead atoms. The van der Waals surface area contributed by atoms with Crippen molar-refractivity contribution in [2.45, 2.75) is 19.4 Å². The molecule has 3 N–H and O–H groups in total. The summed E-state index contributed by atoms with van der Waals surface area (Å²) in [4.78, 5) is 4.62. The second-order valence-electron chi connectivity index (χ2n) is 4.22. The Morgan fingerprint density at radius 2 is 2.11 bits per heavy atom. The minimum absolute atomic E-state index is 0.0959. The number of hydrazine groups is 1. The maximum absolute atomic E-state index is 5.52. The minimum Gasteiger partial charge on any atom is -0.380 e. The lowest BCUT2D eigenvalue weighted by molar-refractivity contribution is 0.122. The van der Waals surface area contributed by atoms with Gasteiger partial charge in [-0.25, -0.2) is 0 Å². The zero-order valence-electron chi connectivity index (χ0n) is 10.6. The van der Waals surface area contributed by atoms with Crippen LogP contribution in [-0.4, -0.2) is 24.2 Å². The van der Waals surface area contributed by atoms with Gasteiger partial charge in [-0.15, -0.1) is 0 Å². The highest BCUT2D eigenvalue weighted by Gasteiger charge is 2.09. The fourth-order valence-electron chi connectivity index (χ4n) is 1.90. The van der Waals surface area contributed by atoms with E-state index in [-0.39, 0.29) is 6.04 Å². The van der Waals surface area contributed by atoms with Crippen molar-refractivity contribution in [3.8, 4) is 0 Å². The zero-order chi connectivity index (χ0) is 12.8. The predicted octanol–water partition coefficient (Wildman–Crippen LogP) is 1.65. The Hall–Kier alpha value is -1.49. The molecule has 0 spiro atoms. The summed E-state index contributed by atoms with van der Waals surface area (Å²) in [6.45, 7) is 3.27. The highest BCUT2D eigenvalue weighted by Crippen LogP contribution is 2.12. The lowest BCUT2D eigenvalue weighted by atomic mass is 10.1. The van der Waals surface area contributed by atoms with Gasteiger partial charge in [0, 0.05) is 30.1 Å². The fraction of sp³-hybridized carbons (Fsp3) is 0.357. The van der Waals surface area contributed by atoms with Gasteiger partial charge in [0.2, 0.25) is 0 Å². The number of fused-ring (bicyclic) bond motifs is 1. The lowest BCUT2D eigenvalue weighted by Crippen LogP contribution is -2.40. The van der Waals surface area contributed by atoms with Crippen LogP contribution in [0.3, 0.4) is 0 Å². The fourth-order valence-corrected chi connectivity index (χ4v) is 1.90. The van der Waals surface area contributed by atoms with Gasteiger partial charge in [-0.05, 0) is 19.1 Å². The van der Waals surface area contributed by atoms with E-state index in [0.29, 0.717) is 13.2 Å². The normalized spacial score (nSPS) is 12.8. The summed E-state index contributed by atoms with van der Waals surface area (Å²) in [5.41, 5.74) is 4.81. The van der Waals surface area contributed by atoms with Gasteiger partial charge in [0.25, 0.3) is 0 Å². The molecular formula is C14H19N3O. The molecule has 0 amide bonds. The molecule has 1 heterocycles. The summed E-state index contributed by atoms with van der Waals surface area (Å²) in [7, 11) is 0. The van der Waals surface area contributed by atoms with E-state index in [1.54, 1.807) is 0 Å². The van der Waals surface area contributed by atoms with Crippen LogP contribution in [0.25, 0.3) is 10.9 Å². The number of nitrogens with zero attached hydrogens (tertiary/aromatic N) is 1. The van der Waals surface area contributed by atoms with E-state index in [0.717, 1.165) is 23.0 Å². The summed E-state index contributed by atoms with van der Waals surface area (Å²) < 4.78 is 5.38.